The Hall–Kier alpha value is -2.37. The summed E-state index contributed by atoms with van der Waals surface area (Å²) in [4.78, 5) is 20.6. The molecule has 0 spiro atoms. The first-order valence-electron chi connectivity index (χ1n) is 9.47. The molecule has 3 N–H and O–H groups in total. The van der Waals surface area contributed by atoms with Crippen LogP contribution >= 0.6 is 0 Å². The summed E-state index contributed by atoms with van der Waals surface area (Å²) in [5.41, 5.74) is -0.676. The predicted molar refractivity (Wildman–Crippen MR) is 102 cm³/mol. The number of carboxylic acid groups (broad SMARTS) is 2. The average molecular weight is 436 g/mol. The molecular formula is C19H27F3N2O6. The minimum absolute atomic E-state index is 0.269. The van der Waals surface area contributed by atoms with Crippen molar-refractivity contribution in [2.75, 3.05) is 52.5 Å². The summed E-state index contributed by atoms with van der Waals surface area (Å²) in [5.74, 6) is -3.38. The minimum Gasteiger partial charge on any atom is -0.494 e. The fourth-order valence-electron chi connectivity index (χ4n) is 2.49. The van der Waals surface area contributed by atoms with Crippen molar-refractivity contribution >= 4 is 11.9 Å². The fraction of sp³-hybridized carbons (Fsp3) is 0.579. The van der Waals surface area contributed by atoms with Gasteiger partial charge in [-0.25, -0.2) is 9.59 Å². The molecule has 2 rings (SSSR count). The highest BCUT2D eigenvalue weighted by Crippen LogP contribution is 2.31. The van der Waals surface area contributed by atoms with E-state index in [0.717, 1.165) is 70.9 Å². The summed E-state index contributed by atoms with van der Waals surface area (Å²) in [6.45, 7) is 6.88. The minimum atomic E-state index is -4.33. The van der Waals surface area contributed by atoms with Crippen molar-refractivity contribution in [3.63, 3.8) is 0 Å². The van der Waals surface area contributed by atoms with E-state index in [1.165, 1.54) is 6.07 Å². The summed E-state index contributed by atoms with van der Waals surface area (Å²) >= 11 is 0. The average Bonchev–Trinajstić information content (AvgIpc) is 2.71. The van der Waals surface area contributed by atoms with Crippen LogP contribution in [0.1, 0.15) is 18.4 Å². The molecule has 1 saturated heterocycles. The first-order valence-corrected chi connectivity index (χ1v) is 9.47. The molecule has 30 heavy (non-hydrogen) atoms. The number of hydrogen-bond donors (Lipinski definition) is 3. The topological polar surface area (TPSA) is 108 Å². The van der Waals surface area contributed by atoms with Crippen LogP contribution in [0.5, 0.6) is 5.75 Å². The molecule has 0 radical (unpaired) electrons. The molecule has 170 valence electrons. The number of halogens is 3. The van der Waals surface area contributed by atoms with Gasteiger partial charge < -0.3 is 25.0 Å². The van der Waals surface area contributed by atoms with Gasteiger partial charge >= 0.3 is 18.1 Å². The van der Waals surface area contributed by atoms with Crippen LogP contribution in [0.3, 0.4) is 0 Å². The Morgan fingerprint density at radius 3 is 2.37 bits per heavy atom. The van der Waals surface area contributed by atoms with Crippen LogP contribution in [0.25, 0.3) is 0 Å². The first-order chi connectivity index (χ1) is 14.2. The van der Waals surface area contributed by atoms with E-state index in [1.54, 1.807) is 6.07 Å². The van der Waals surface area contributed by atoms with E-state index in [0.29, 0.717) is 6.61 Å². The van der Waals surface area contributed by atoms with Crippen LogP contribution in [-0.4, -0.2) is 79.6 Å². The van der Waals surface area contributed by atoms with Crippen molar-refractivity contribution in [2.24, 2.45) is 0 Å². The zero-order chi connectivity index (χ0) is 22.4. The normalized spacial score (nSPS) is 14.5. The molecule has 0 aromatic heterocycles. The zero-order valence-electron chi connectivity index (χ0n) is 16.5. The number of nitrogens with one attached hydrogen (secondary N) is 1. The number of unbranched alkanes of at least 4 members (excludes halogenated alkanes) is 1. The van der Waals surface area contributed by atoms with Crippen LogP contribution < -0.4 is 10.1 Å². The summed E-state index contributed by atoms with van der Waals surface area (Å²) in [7, 11) is 0. The highest BCUT2D eigenvalue weighted by atomic mass is 19.4. The van der Waals surface area contributed by atoms with Crippen LogP contribution in [0, 0.1) is 0 Å². The van der Waals surface area contributed by atoms with Gasteiger partial charge in [-0.1, -0.05) is 6.07 Å². The third-order valence-electron chi connectivity index (χ3n) is 4.07. The molecule has 1 fully saturated rings. The van der Waals surface area contributed by atoms with Gasteiger partial charge in [0, 0.05) is 26.2 Å². The number of rotatable bonds is 9. The van der Waals surface area contributed by atoms with Crippen molar-refractivity contribution in [1.29, 1.82) is 0 Å². The standard InChI is InChI=1S/C17H25F3N2O2.C2H2O4/c18-17(19,20)15-4-3-5-16(14-15)24-11-2-1-6-21-7-8-22-9-12-23-13-10-22;3-1(4)2(5)6/h3-5,14,21H,1-2,6-13H2;(H,3,4)(H,5,6). The predicted octanol–water partition coefficient (Wildman–Crippen LogP) is 1.94. The first kappa shape index (κ1) is 25.7. The zero-order valence-corrected chi connectivity index (χ0v) is 16.5. The van der Waals surface area contributed by atoms with Gasteiger partial charge in [0.15, 0.2) is 0 Å². The van der Waals surface area contributed by atoms with E-state index in [-0.39, 0.29) is 5.75 Å². The molecule has 1 aliphatic heterocycles. The molecular weight excluding hydrogens is 409 g/mol. The van der Waals surface area contributed by atoms with Crippen molar-refractivity contribution < 1.29 is 42.4 Å². The maximum absolute atomic E-state index is 12.6. The van der Waals surface area contributed by atoms with Gasteiger partial charge in [0.05, 0.1) is 25.4 Å². The third-order valence-corrected chi connectivity index (χ3v) is 4.07. The molecule has 1 aliphatic rings. The van der Waals surface area contributed by atoms with E-state index in [9.17, 15) is 13.2 Å². The number of alkyl halides is 3. The van der Waals surface area contributed by atoms with Gasteiger partial charge in [-0.3, -0.25) is 4.90 Å². The molecule has 0 atom stereocenters. The molecule has 0 saturated carbocycles. The number of morpholine rings is 1. The Labute approximate surface area is 172 Å². The number of ether oxygens (including phenoxy) is 2. The lowest BCUT2D eigenvalue weighted by atomic mass is 10.2. The lowest BCUT2D eigenvalue weighted by Gasteiger charge is -2.26. The maximum atomic E-state index is 12.6. The summed E-state index contributed by atoms with van der Waals surface area (Å²) < 4.78 is 48.5. The van der Waals surface area contributed by atoms with Gasteiger partial charge in [-0.05, 0) is 37.6 Å². The molecule has 1 aromatic carbocycles. The Bertz CT molecular complexity index is 639. The summed E-state index contributed by atoms with van der Waals surface area (Å²) in [6, 6.07) is 5.01. The second-order valence-electron chi connectivity index (χ2n) is 6.40. The monoisotopic (exact) mass is 436 g/mol. The van der Waals surface area contributed by atoms with Crippen molar-refractivity contribution in [2.45, 2.75) is 19.0 Å². The molecule has 1 aromatic rings. The van der Waals surface area contributed by atoms with Crippen LogP contribution in [0.4, 0.5) is 13.2 Å². The second kappa shape index (κ2) is 13.8. The highest BCUT2D eigenvalue weighted by Gasteiger charge is 2.30. The van der Waals surface area contributed by atoms with Crippen LogP contribution in [0.15, 0.2) is 24.3 Å². The van der Waals surface area contributed by atoms with Gasteiger partial charge in [-0.15, -0.1) is 0 Å². The molecule has 0 aliphatic carbocycles. The second-order valence-corrected chi connectivity index (χ2v) is 6.40. The molecule has 0 unspecified atom stereocenters. The SMILES string of the molecule is FC(F)(F)c1cccc(OCCCCNCCN2CCOCC2)c1.O=C(O)C(=O)O. The van der Waals surface area contributed by atoms with E-state index in [1.807, 2.05) is 0 Å². The largest absolute Gasteiger partial charge is 0.494 e. The summed E-state index contributed by atoms with van der Waals surface area (Å²) in [6.07, 6.45) is -2.59. The number of nitrogens with zero attached hydrogens (tertiary/aromatic N) is 1. The Balaban J connectivity index is 0.000000656. The van der Waals surface area contributed by atoms with E-state index in [2.05, 4.69) is 10.2 Å². The highest BCUT2D eigenvalue weighted by molar-refractivity contribution is 6.27. The van der Waals surface area contributed by atoms with Crippen molar-refractivity contribution in [1.82, 2.24) is 10.2 Å². The summed E-state index contributed by atoms with van der Waals surface area (Å²) in [5, 5.41) is 18.2. The maximum Gasteiger partial charge on any atom is 0.416 e. The van der Waals surface area contributed by atoms with Crippen molar-refractivity contribution in [3.8, 4) is 5.75 Å². The lowest BCUT2D eigenvalue weighted by molar-refractivity contribution is -0.159. The molecule has 0 bridgehead atoms. The number of hydrogen-bond acceptors (Lipinski definition) is 6. The molecule has 11 heteroatoms. The quantitative estimate of drug-likeness (QED) is 0.398. The smallest absolute Gasteiger partial charge is 0.416 e. The van der Waals surface area contributed by atoms with Gasteiger partial charge in [0.1, 0.15) is 5.75 Å². The van der Waals surface area contributed by atoms with E-state index >= 15 is 0 Å². The van der Waals surface area contributed by atoms with E-state index < -0.39 is 23.7 Å². The van der Waals surface area contributed by atoms with Crippen LogP contribution in [-0.2, 0) is 20.5 Å². The van der Waals surface area contributed by atoms with E-state index in [4.69, 9.17) is 29.3 Å². The van der Waals surface area contributed by atoms with Gasteiger partial charge in [0.2, 0.25) is 0 Å². The van der Waals surface area contributed by atoms with Gasteiger partial charge in [-0.2, -0.15) is 13.2 Å². The molecule has 1 heterocycles. The Morgan fingerprint density at radius 1 is 1.10 bits per heavy atom. The number of aliphatic carboxylic acids is 2. The third kappa shape index (κ3) is 11.6. The number of benzene rings is 1. The Kier molecular flexibility index (Phi) is 11.8. The van der Waals surface area contributed by atoms with Gasteiger partial charge in [0.25, 0.3) is 0 Å². The fourth-order valence-corrected chi connectivity index (χ4v) is 2.49. The lowest BCUT2D eigenvalue weighted by Crippen LogP contribution is -2.40. The number of carboxylic acids is 2. The number of carbonyl (C=O) groups is 2. The molecule has 0 amide bonds. The Morgan fingerprint density at radius 2 is 1.77 bits per heavy atom. The molecule has 8 nitrogen and oxygen atoms in total. The van der Waals surface area contributed by atoms with Crippen LogP contribution in [0.2, 0.25) is 0 Å². The van der Waals surface area contributed by atoms with Crippen molar-refractivity contribution in [3.05, 3.63) is 29.8 Å².